The van der Waals surface area contributed by atoms with Gasteiger partial charge in [-0.05, 0) is 97.3 Å². The fourth-order valence-corrected chi connectivity index (χ4v) is 6.66. The molecule has 0 bridgehead atoms. The van der Waals surface area contributed by atoms with Crippen LogP contribution in [0.15, 0.2) is 18.2 Å². The highest BCUT2D eigenvalue weighted by Crippen LogP contribution is 2.62. The highest BCUT2D eigenvalue weighted by Gasteiger charge is 2.57. The topological polar surface area (TPSA) is 40.5 Å². The normalized spacial score (nSPS) is 40.7. The SMILES string of the molecule is C[C@]12CCC3c4ccc(O)cc4CCC3C1C[C@H](CCCBr)[C@@H]2O. The van der Waals surface area contributed by atoms with E-state index in [-0.39, 0.29) is 11.5 Å². The van der Waals surface area contributed by atoms with Gasteiger partial charge in [0.25, 0.3) is 0 Å². The number of hydrogen-bond acceptors (Lipinski definition) is 2. The third-order valence-electron chi connectivity index (χ3n) is 7.54. The number of aliphatic hydroxyl groups is 1. The van der Waals surface area contributed by atoms with Gasteiger partial charge >= 0.3 is 0 Å². The van der Waals surface area contributed by atoms with Crippen molar-refractivity contribution in [3.8, 4) is 5.75 Å². The molecule has 0 saturated heterocycles. The third-order valence-corrected chi connectivity index (χ3v) is 8.10. The second-order valence-corrected chi connectivity index (χ2v) is 9.41. The highest BCUT2D eigenvalue weighted by atomic mass is 79.9. The lowest BCUT2D eigenvalue weighted by Gasteiger charge is -2.50. The van der Waals surface area contributed by atoms with E-state index in [9.17, 15) is 10.2 Å². The second kappa shape index (κ2) is 6.32. The van der Waals surface area contributed by atoms with Crippen molar-refractivity contribution in [1.82, 2.24) is 0 Å². The van der Waals surface area contributed by atoms with Gasteiger partial charge in [-0.2, -0.15) is 0 Å². The van der Waals surface area contributed by atoms with Gasteiger partial charge in [-0.3, -0.25) is 0 Å². The zero-order chi connectivity index (χ0) is 16.9. The molecule has 2 saturated carbocycles. The van der Waals surface area contributed by atoms with E-state index in [1.807, 2.05) is 12.1 Å². The quantitative estimate of drug-likeness (QED) is 0.709. The lowest BCUT2D eigenvalue weighted by atomic mass is 9.55. The molecule has 2 N–H and O–H groups in total. The van der Waals surface area contributed by atoms with E-state index in [4.69, 9.17) is 0 Å². The zero-order valence-corrected chi connectivity index (χ0v) is 16.1. The van der Waals surface area contributed by atoms with Crippen molar-refractivity contribution in [1.29, 1.82) is 0 Å². The highest BCUT2D eigenvalue weighted by molar-refractivity contribution is 9.09. The van der Waals surface area contributed by atoms with Crippen LogP contribution in [0.1, 0.15) is 62.5 Å². The minimum Gasteiger partial charge on any atom is -0.508 e. The van der Waals surface area contributed by atoms with Crippen LogP contribution in [0.2, 0.25) is 0 Å². The Labute approximate surface area is 153 Å². The van der Waals surface area contributed by atoms with Crippen molar-refractivity contribution < 1.29 is 10.2 Å². The summed E-state index contributed by atoms with van der Waals surface area (Å²) in [6, 6.07) is 6.00. The predicted octanol–water partition coefficient (Wildman–Crippen LogP) is 5.01. The van der Waals surface area contributed by atoms with Gasteiger partial charge in [0.1, 0.15) is 5.75 Å². The van der Waals surface area contributed by atoms with Crippen LogP contribution < -0.4 is 0 Å². The molecule has 0 radical (unpaired) electrons. The largest absolute Gasteiger partial charge is 0.508 e. The van der Waals surface area contributed by atoms with Gasteiger partial charge in [-0.25, -0.2) is 0 Å². The summed E-state index contributed by atoms with van der Waals surface area (Å²) in [4.78, 5) is 0. The Morgan fingerprint density at radius 2 is 2.12 bits per heavy atom. The summed E-state index contributed by atoms with van der Waals surface area (Å²) in [6.07, 6.45) is 8.05. The van der Waals surface area contributed by atoms with Gasteiger partial charge in [0.15, 0.2) is 0 Å². The number of aromatic hydroxyl groups is 1. The van der Waals surface area contributed by atoms with E-state index >= 15 is 0 Å². The molecule has 1 aromatic rings. The van der Waals surface area contributed by atoms with Crippen molar-refractivity contribution in [2.75, 3.05) is 5.33 Å². The van der Waals surface area contributed by atoms with E-state index in [0.717, 1.165) is 24.6 Å². The van der Waals surface area contributed by atoms with Gasteiger partial charge in [-0.1, -0.05) is 28.9 Å². The number of phenols is 1. The molecule has 132 valence electrons. The molecule has 3 aliphatic rings. The minimum absolute atomic E-state index is 0.118. The molecule has 24 heavy (non-hydrogen) atoms. The maximum atomic E-state index is 11.0. The Hall–Kier alpha value is -0.540. The third kappa shape index (κ3) is 2.54. The summed E-state index contributed by atoms with van der Waals surface area (Å²) in [5.74, 6) is 2.89. The standard InChI is InChI=1S/C21H29BrO2/c1-21-9-8-17-16-7-5-15(23)11-13(16)4-6-18(17)19(21)12-14(20(21)24)3-2-10-22/h5,7,11,14,17-20,23-24H,2-4,6,8-10,12H2,1H3/t14-,17?,18?,19?,20-,21-/m0/s1. The number of phenolic OH excluding ortho intramolecular Hbond substituents is 1. The van der Waals surface area contributed by atoms with Crippen LogP contribution in [0.25, 0.3) is 0 Å². The summed E-state index contributed by atoms with van der Waals surface area (Å²) >= 11 is 3.54. The van der Waals surface area contributed by atoms with E-state index in [2.05, 4.69) is 28.9 Å². The van der Waals surface area contributed by atoms with Crippen LogP contribution in [0.5, 0.6) is 5.75 Å². The molecule has 0 spiro atoms. The van der Waals surface area contributed by atoms with Gasteiger partial charge in [0.2, 0.25) is 0 Å². The first-order chi connectivity index (χ1) is 11.5. The van der Waals surface area contributed by atoms with Gasteiger partial charge < -0.3 is 10.2 Å². The average molecular weight is 393 g/mol. The summed E-state index contributed by atoms with van der Waals surface area (Å²) in [5.41, 5.74) is 2.95. The zero-order valence-electron chi connectivity index (χ0n) is 14.5. The molecule has 0 aliphatic heterocycles. The maximum absolute atomic E-state index is 11.0. The van der Waals surface area contributed by atoms with E-state index in [1.165, 1.54) is 36.8 Å². The molecule has 1 aromatic carbocycles. The maximum Gasteiger partial charge on any atom is 0.115 e. The number of rotatable bonds is 3. The number of fused-ring (bicyclic) bond motifs is 5. The molecule has 3 unspecified atom stereocenters. The van der Waals surface area contributed by atoms with Crippen molar-refractivity contribution in [3.05, 3.63) is 29.3 Å². The predicted molar refractivity (Wildman–Crippen MR) is 101 cm³/mol. The fraction of sp³-hybridized carbons (Fsp3) is 0.714. The van der Waals surface area contributed by atoms with E-state index in [0.29, 0.717) is 29.4 Å². The number of aryl methyl sites for hydroxylation is 1. The lowest BCUT2D eigenvalue weighted by molar-refractivity contribution is -0.0333. The van der Waals surface area contributed by atoms with Crippen molar-refractivity contribution in [3.63, 3.8) is 0 Å². The molecule has 2 fully saturated rings. The van der Waals surface area contributed by atoms with Crippen LogP contribution in [0.3, 0.4) is 0 Å². The summed E-state index contributed by atoms with van der Waals surface area (Å²) in [6.45, 7) is 2.36. The first-order valence-corrected chi connectivity index (χ1v) is 10.7. The molecular formula is C21H29BrO2. The number of hydrogen-bond donors (Lipinski definition) is 2. The van der Waals surface area contributed by atoms with Crippen LogP contribution >= 0.6 is 15.9 Å². The first-order valence-electron chi connectivity index (χ1n) is 9.60. The Bertz CT molecular complexity index is 616. The summed E-state index contributed by atoms with van der Waals surface area (Å²) in [7, 11) is 0. The van der Waals surface area contributed by atoms with Crippen molar-refractivity contribution in [2.24, 2.45) is 23.2 Å². The lowest BCUT2D eigenvalue weighted by Crippen LogP contribution is -2.44. The number of aliphatic hydroxyl groups excluding tert-OH is 1. The number of alkyl halides is 1. The smallest absolute Gasteiger partial charge is 0.115 e. The Morgan fingerprint density at radius 1 is 1.29 bits per heavy atom. The average Bonchev–Trinajstić information content (AvgIpc) is 2.84. The minimum atomic E-state index is -0.122. The Morgan fingerprint density at radius 3 is 2.92 bits per heavy atom. The van der Waals surface area contributed by atoms with Crippen molar-refractivity contribution in [2.45, 2.75) is 63.9 Å². The number of halogens is 1. The molecule has 0 aromatic heterocycles. The van der Waals surface area contributed by atoms with E-state index < -0.39 is 0 Å². The van der Waals surface area contributed by atoms with E-state index in [1.54, 1.807) is 0 Å². The molecule has 0 heterocycles. The first kappa shape index (κ1) is 16.9. The van der Waals surface area contributed by atoms with Crippen LogP contribution in [-0.4, -0.2) is 21.6 Å². The fourth-order valence-electron chi connectivity index (χ4n) is 6.34. The molecule has 3 aliphatic carbocycles. The van der Waals surface area contributed by atoms with Crippen LogP contribution in [0.4, 0.5) is 0 Å². The Kier molecular flexibility index (Phi) is 4.45. The molecule has 4 rings (SSSR count). The van der Waals surface area contributed by atoms with Crippen molar-refractivity contribution >= 4 is 15.9 Å². The molecule has 0 amide bonds. The van der Waals surface area contributed by atoms with Crippen LogP contribution in [-0.2, 0) is 6.42 Å². The molecule has 2 nitrogen and oxygen atoms in total. The summed E-state index contributed by atoms with van der Waals surface area (Å²) < 4.78 is 0. The van der Waals surface area contributed by atoms with Gasteiger partial charge in [0.05, 0.1) is 6.10 Å². The molecule has 6 atom stereocenters. The van der Waals surface area contributed by atoms with Gasteiger partial charge in [-0.15, -0.1) is 0 Å². The van der Waals surface area contributed by atoms with Crippen LogP contribution in [0, 0.1) is 23.2 Å². The Balaban J connectivity index is 1.61. The molecule has 3 heteroatoms. The second-order valence-electron chi connectivity index (χ2n) is 8.61. The monoisotopic (exact) mass is 392 g/mol. The van der Waals surface area contributed by atoms with Gasteiger partial charge in [0, 0.05) is 5.33 Å². The molecular weight excluding hydrogens is 364 g/mol. The number of benzene rings is 1. The summed E-state index contributed by atoms with van der Waals surface area (Å²) in [5, 5.41) is 21.9.